The van der Waals surface area contributed by atoms with Gasteiger partial charge in [0.25, 0.3) is 0 Å². The van der Waals surface area contributed by atoms with E-state index in [2.05, 4.69) is 21.2 Å². The zero-order valence-electron chi connectivity index (χ0n) is 10.1. The van der Waals surface area contributed by atoms with Crippen LogP contribution in [0.3, 0.4) is 0 Å². The fraction of sp³-hybridized carbons (Fsp3) is 0.462. The highest BCUT2D eigenvalue weighted by molar-refractivity contribution is 9.10. The van der Waals surface area contributed by atoms with Gasteiger partial charge >= 0.3 is 0 Å². The summed E-state index contributed by atoms with van der Waals surface area (Å²) in [6, 6.07) is 7.65. The number of carbonyl (C=O) groups excluding carboxylic acids is 1. The predicted molar refractivity (Wildman–Crippen MR) is 79.9 cm³/mol. The van der Waals surface area contributed by atoms with Gasteiger partial charge in [0.15, 0.2) is 0 Å². The molecule has 100 valence electrons. The molecule has 1 aromatic rings. The van der Waals surface area contributed by atoms with Crippen molar-refractivity contribution in [2.24, 2.45) is 17.6 Å². The maximum absolute atomic E-state index is 12.1. The van der Waals surface area contributed by atoms with Crippen molar-refractivity contribution < 1.29 is 4.79 Å². The summed E-state index contributed by atoms with van der Waals surface area (Å²) >= 11 is 3.39. The summed E-state index contributed by atoms with van der Waals surface area (Å²) < 4.78 is 0.970. The highest BCUT2D eigenvalue weighted by Crippen LogP contribution is 2.32. The van der Waals surface area contributed by atoms with E-state index in [0.717, 1.165) is 29.4 Å². The molecule has 0 aromatic heterocycles. The molecule has 2 rings (SSSR count). The van der Waals surface area contributed by atoms with Gasteiger partial charge in [-0.2, -0.15) is 0 Å². The van der Waals surface area contributed by atoms with Crippen molar-refractivity contribution in [2.45, 2.75) is 19.3 Å². The van der Waals surface area contributed by atoms with Crippen LogP contribution in [0.2, 0.25) is 0 Å². The minimum Gasteiger partial charge on any atom is -0.330 e. The Morgan fingerprint density at radius 1 is 1.44 bits per heavy atom. The number of anilines is 1. The smallest absolute Gasteiger partial charge is 0.227 e. The van der Waals surface area contributed by atoms with Gasteiger partial charge < -0.3 is 11.1 Å². The molecule has 0 heterocycles. The van der Waals surface area contributed by atoms with E-state index in [9.17, 15) is 4.79 Å². The highest BCUT2D eigenvalue weighted by Gasteiger charge is 2.31. The molecule has 5 heteroatoms. The van der Waals surface area contributed by atoms with Gasteiger partial charge in [0.2, 0.25) is 5.91 Å². The van der Waals surface area contributed by atoms with E-state index in [1.54, 1.807) is 0 Å². The summed E-state index contributed by atoms with van der Waals surface area (Å²) in [4.78, 5) is 12.1. The number of benzene rings is 1. The second-order valence-corrected chi connectivity index (χ2v) is 5.45. The Morgan fingerprint density at radius 3 is 2.89 bits per heavy atom. The van der Waals surface area contributed by atoms with Crippen molar-refractivity contribution in [1.29, 1.82) is 0 Å². The number of halogens is 2. The highest BCUT2D eigenvalue weighted by atomic mass is 79.9. The third-order valence-corrected chi connectivity index (χ3v) is 3.88. The zero-order chi connectivity index (χ0) is 12.3. The van der Waals surface area contributed by atoms with Crippen LogP contribution in [0, 0.1) is 11.8 Å². The monoisotopic (exact) mass is 332 g/mol. The lowest BCUT2D eigenvalue weighted by Gasteiger charge is -2.17. The SMILES string of the molecule is Cl.NC[C@H]1CCC[C@H]1C(=O)Nc1cccc(Br)c1. The van der Waals surface area contributed by atoms with Crippen LogP contribution in [0.4, 0.5) is 5.69 Å². The van der Waals surface area contributed by atoms with Crippen molar-refractivity contribution in [1.82, 2.24) is 0 Å². The van der Waals surface area contributed by atoms with Crippen molar-refractivity contribution >= 4 is 39.9 Å². The molecule has 1 aliphatic rings. The van der Waals surface area contributed by atoms with E-state index in [0.29, 0.717) is 12.5 Å². The molecule has 0 spiro atoms. The Kier molecular flexibility index (Phi) is 6.12. The first-order valence-corrected chi connectivity index (χ1v) is 6.76. The molecule has 1 fully saturated rings. The maximum Gasteiger partial charge on any atom is 0.227 e. The topological polar surface area (TPSA) is 55.1 Å². The standard InChI is InChI=1S/C13H17BrN2O.ClH/c14-10-4-2-5-11(7-10)16-13(17)12-6-1-3-9(12)8-15;/h2,4-5,7,9,12H,1,3,6,8,15H2,(H,16,17);1H/t9-,12-;/m1./s1. The van der Waals surface area contributed by atoms with E-state index >= 15 is 0 Å². The summed E-state index contributed by atoms with van der Waals surface area (Å²) in [6.07, 6.45) is 3.15. The average Bonchev–Trinajstić information content (AvgIpc) is 2.77. The van der Waals surface area contributed by atoms with Crippen molar-refractivity contribution in [2.75, 3.05) is 11.9 Å². The third-order valence-electron chi connectivity index (χ3n) is 3.39. The lowest BCUT2D eigenvalue weighted by Crippen LogP contribution is -2.29. The number of nitrogens with two attached hydrogens (primary N) is 1. The predicted octanol–water partition coefficient (Wildman–Crippen LogP) is 3.18. The van der Waals surface area contributed by atoms with Crippen LogP contribution in [-0.4, -0.2) is 12.5 Å². The van der Waals surface area contributed by atoms with Crippen molar-refractivity contribution in [3.8, 4) is 0 Å². The Labute approximate surface area is 122 Å². The van der Waals surface area contributed by atoms with Crippen LogP contribution in [0.5, 0.6) is 0 Å². The number of hydrogen-bond acceptors (Lipinski definition) is 2. The van der Waals surface area contributed by atoms with E-state index in [1.807, 2.05) is 24.3 Å². The van der Waals surface area contributed by atoms with E-state index in [1.165, 1.54) is 0 Å². The Bertz CT molecular complexity index is 414. The molecule has 0 aliphatic heterocycles. The lowest BCUT2D eigenvalue weighted by molar-refractivity contribution is -0.120. The van der Waals surface area contributed by atoms with Gasteiger partial charge in [0.1, 0.15) is 0 Å². The fourth-order valence-electron chi connectivity index (χ4n) is 2.47. The molecule has 1 saturated carbocycles. The largest absolute Gasteiger partial charge is 0.330 e. The Balaban J connectivity index is 0.00000162. The number of carbonyl (C=O) groups is 1. The average molecular weight is 334 g/mol. The molecular weight excluding hydrogens is 316 g/mol. The molecule has 2 atom stereocenters. The second kappa shape index (κ2) is 7.12. The van der Waals surface area contributed by atoms with Crippen LogP contribution in [0.25, 0.3) is 0 Å². The third kappa shape index (κ3) is 3.70. The maximum atomic E-state index is 12.1. The van der Waals surface area contributed by atoms with Crippen LogP contribution in [-0.2, 0) is 4.79 Å². The summed E-state index contributed by atoms with van der Waals surface area (Å²) in [5.41, 5.74) is 6.53. The molecule has 3 nitrogen and oxygen atoms in total. The first-order valence-electron chi connectivity index (χ1n) is 5.97. The van der Waals surface area contributed by atoms with Gasteiger partial charge in [-0.15, -0.1) is 12.4 Å². The molecular formula is C13H18BrClN2O. The molecule has 0 unspecified atom stereocenters. The molecule has 1 aliphatic carbocycles. The normalized spacial score (nSPS) is 22.3. The first kappa shape index (κ1) is 15.5. The summed E-state index contributed by atoms with van der Waals surface area (Å²) in [5, 5.41) is 2.96. The summed E-state index contributed by atoms with van der Waals surface area (Å²) in [7, 11) is 0. The molecule has 0 bridgehead atoms. The summed E-state index contributed by atoms with van der Waals surface area (Å²) in [6.45, 7) is 0.608. The minimum atomic E-state index is 0. The number of amides is 1. The molecule has 18 heavy (non-hydrogen) atoms. The van der Waals surface area contributed by atoms with Gasteiger partial charge in [-0.3, -0.25) is 4.79 Å². The summed E-state index contributed by atoms with van der Waals surface area (Å²) in [5.74, 6) is 0.539. The van der Waals surface area contributed by atoms with Crippen molar-refractivity contribution in [3.05, 3.63) is 28.7 Å². The second-order valence-electron chi connectivity index (χ2n) is 4.53. The van der Waals surface area contributed by atoms with Crippen LogP contribution in [0.1, 0.15) is 19.3 Å². The molecule has 0 radical (unpaired) electrons. The first-order chi connectivity index (χ1) is 8.20. The fourth-order valence-corrected chi connectivity index (χ4v) is 2.86. The van der Waals surface area contributed by atoms with E-state index in [4.69, 9.17) is 5.73 Å². The van der Waals surface area contributed by atoms with Gasteiger partial charge in [-0.25, -0.2) is 0 Å². The Morgan fingerprint density at radius 2 is 2.22 bits per heavy atom. The number of nitrogens with one attached hydrogen (secondary N) is 1. The van der Waals surface area contributed by atoms with Crippen LogP contribution < -0.4 is 11.1 Å². The number of rotatable bonds is 3. The van der Waals surface area contributed by atoms with Crippen LogP contribution >= 0.6 is 28.3 Å². The Hall–Kier alpha value is -0.580. The molecule has 1 amide bonds. The quantitative estimate of drug-likeness (QED) is 0.892. The minimum absolute atomic E-state index is 0. The molecule has 3 N–H and O–H groups in total. The van der Waals surface area contributed by atoms with Crippen molar-refractivity contribution in [3.63, 3.8) is 0 Å². The molecule has 0 saturated heterocycles. The van der Waals surface area contributed by atoms with E-state index in [-0.39, 0.29) is 24.2 Å². The number of hydrogen-bond donors (Lipinski definition) is 2. The van der Waals surface area contributed by atoms with Gasteiger partial charge in [-0.1, -0.05) is 28.4 Å². The molecule has 1 aromatic carbocycles. The van der Waals surface area contributed by atoms with Gasteiger partial charge in [0, 0.05) is 16.1 Å². The zero-order valence-corrected chi connectivity index (χ0v) is 12.5. The lowest BCUT2D eigenvalue weighted by atomic mass is 9.95. The van der Waals surface area contributed by atoms with Gasteiger partial charge in [-0.05, 0) is 43.5 Å². The van der Waals surface area contributed by atoms with Crippen LogP contribution in [0.15, 0.2) is 28.7 Å². The van der Waals surface area contributed by atoms with E-state index < -0.39 is 0 Å². The van der Waals surface area contributed by atoms with Gasteiger partial charge in [0.05, 0.1) is 0 Å².